The van der Waals surface area contributed by atoms with Gasteiger partial charge in [0.2, 0.25) is 0 Å². The Labute approximate surface area is 81.4 Å². The summed E-state index contributed by atoms with van der Waals surface area (Å²) in [6.07, 6.45) is 1.57. The number of hydrogen-bond acceptors (Lipinski definition) is 3. The van der Waals surface area contributed by atoms with Crippen molar-refractivity contribution in [2.75, 3.05) is 0 Å². The third-order valence-corrected chi connectivity index (χ3v) is 2.25. The smallest absolute Gasteiger partial charge is 0.129 e. The maximum atomic E-state index is 5.55. The molecule has 2 heterocycles. The van der Waals surface area contributed by atoms with Gasteiger partial charge in [0.05, 0.1) is 6.20 Å². The Morgan fingerprint density at radius 1 is 1.29 bits per heavy atom. The number of nitrogens with zero attached hydrogens (tertiary/aromatic N) is 2. The normalized spacial score (nSPS) is 12.6. The molecule has 0 N–H and O–H groups in total. The molecule has 3 rings (SSSR count). The van der Waals surface area contributed by atoms with Crippen molar-refractivity contribution < 1.29 is 4.74 Å². The van der Waals surface area contributed by atoms with E-state index in [4.69, 9.17) is 4.74 Å². The van der Waals surface area contributed by atoms with Crippen LogP contribution in [-0.4, -0.2) is 10.2 Å². The summed E-state index contributed by atoms with van der Waals surface area (Å²) in [6, 6.07) is 10.9. The van der Waals surface area contributed by atoms with Crippen LogP contribution in [-0.2, 0) is 6.61 Å². The highest BCUT2D eigenvalue weighted by molar-refractivity contribution is 5.70. The number of hydrogen-bond donors (Lipinski definition) is 0. The molecule has 0 aliphatic carbocycles. The second-order valence-electron chi connectivity index (χ2n) is 3.10. The summed E-state index contributed by atoms with van der Waals surface area (Å²) in [6.45, 7) is 0.530. The van der Waals surface area contributed by atoms with E-state index in [1.54, 1.807) is 6.20 Å². The summed E-state index contributed by atoms with van der Waals surface area (Å²) in [7, 11) is 0. The molecule has 14 heavy (non-hydrogen) atoms. The van der Waals surface area contributed by atoms with Crippen molar-refractivity contribution in [2.24, 2.45) is 0 Å². The van der Waals surface area contributed by atoms with Crippen LogP contribution in [0, 0.1) is 6.07 Å². The minimum atomic E-state index is 0.530. The van der Waals surface area contributed by atoms with Crippen LogP contribution in [0.25, 0.3) is 11.3 Å². The van der Waals surface area contributed by atoms with E-state index in [0.29, 0.717) is 6.61 Å². The monoisotopic (exact) mass is 183 g/mol. The average Bonchev–Trinajstić information content (AvgIpc) is 2.29. The molecule has 1 aromatic carbocycles. The van der Waals surface area contributed by atoms with Gasteiger partial charge < -0.3 is 4.74 Å². The Balaban J connectivity index is 2.29. The highest BCUT2D eigenvalue weighted by Crippen LogP contribution is 2.34. The van der Waals surface area contributed by atoms with E-state index in [1.807, 2.05) is 24.3 Å². The van der Waals surface area contributed by atoms with Crippen LogP contribution < -0.4 is 4.74 Å². The van der Waals surface area contributed by atoms with E-state index in [2.05, 4.69) is 16.3 Å². The van der Waals surface area contributed by atoms with Crippen molar-refractivity contribution in [3.8, 4) is 17.0 Å². The Morgan fingerprint density at radius 2 is 2.21 bits per heavy atom. The molecule has 0 unspecified atom stereocenters. The lowest BCUT2D eigenvalue weighted by Crippen LogP contribution is -2.07. The summed E-state index contributed by atoms with van der Waals surface area (Å²) in [5.41, 5.74) is 2.85. The molecule has 0 saturated heterocycles. The molecule has 3 heteroatoms. The molecule has 2 aromatic rings. The molecule has 1 aromatic heterocycles. The predicted octanol–water partition coefficient (Wildman–Crippen LogP) is 1.84. The Bertz CT molecular complexity index is 437. The molecule has 0 fully saturated rings. The number of benzene rings is 1. The minimum absolute atomic E-state index is 0.530. The second-order valence-corrected chi connectivity index (χ2v) is 3.10. The third kappa shape index (κ3) is 0.988. The average molecular weight is 183 g/mol. The van der Waals surface area contributed by atoms with Crippen molar-refractivity contribution >= 4 is 0 Å². The standard InChI is InChI=1S/C11H7N2O/c1-2-4-10-9(3-1)11-8(7-14-10)5-6-12-13-11/h1-4,6H,7H2. The first-order valence-electron chi connectivity index (χ1n) is 4.39. The number of rotatable bonds is 0. The maximum absolute atomic E-state index is 5.55. The van der Waals surface area contributed by atoms with Gasteiger partial charge in [-0.05, 0) is 12.1 Å². The minimum Gasteiger partial charge on any atom is -0.488 e. The van der Waals surface area contributed by atoms with Crippen molar-refractivity contribution in [1.82, 2.24) is 10.2 Å². The van der Waals surface area contributed by atoms with E-state index in [0.717, 1.165) is 22.6 Å². The summed E-state index contributed by atoms with van der Waals surface area (Å²) in [5, 5.41) is 7.94. The van der Waals surface area contributed by atoms with Gasteiger partial charge in [0.1, 0.15) is 18.1 Å². The highest BCUT2D eigenvalue weighted by atomic mass is 16.5. The Hall–Kier alpha value is -1.90. The number of ether oxygens (including phenoxy) is 1. The zero-order valence-electron chi connectivity index (χ0n) is 7.40. The lowest BCUT2D eigenvalue weighted by molar-refractivity contribution is 0.300. The lowest BCUT2D eigenvalue weighted by atomic mass is 10.0. The van der Waals surface area contributed by atoms with Gasteiger partial charge in [-0.25, -0.2) is 0 Å². The van der Waals surface area contributed by atoms with Gasteiger partial charge in [0.15, 0.2) is 0 Å². The molecular weight excluding hydrogens is 176 g/mol. The second kappa shape index (κ2) is 2.80. The third-order valence-electron chi connectivity index (χ3n) is 2.25. The van der Waals surface area contributed by atoms with Gasteiger partial charge in [-0.1, -0.05) is 12.1 Å². The summed E-state index contributed by atoms with van der Waals surface area (Å²) in [5.74, 6) is 0.869. The van der Waals surface area contributed by atoms with Crippen molar-refractivity contribution in [2.45, 2.75) is 6.61 Å². The van der Waals surface area contributed by atoms with Gasteiger partial charge in [-0.2, -0.15) is 5.10 Å². The first-order valence-corrected chi connectivity index (χ1v) is 4.39. The number of aromatic nitrogens is 2. The lowest BCUT2D eigenvalue weighted by Gasteiger charge is -2.18. The molecule has 1 aliphatic rings. The van der Waals surface area contributed by atoms with Gasteiger partial charge in [0, 0.05) is 17.2 Å². The summed E-state index contributed by atoms with van der Waals surface area (Å²) < 4.78 is 5.55. The van der Waals surface area contributed by atoms with E-state index < -0.39 is 0 Å². The van der Waals surface area contributed by atoms with Crippen molar-refractivity contribution in [1.29, 1.82) is 0 Å². The SMILES string of the molecule is [c]1cnnc2c1COc1ccccc1-2. The zero-order valence-corrected chi connectivity index (χ0v) is 7.40. The molecule has 3 nitrogen and oxygen atoms in total. The maximum Gasteiger partial charge on any atom is 0.129 e. The molecule has 1 aliphatic heterocycles. The van der Waals surface area contributed by atoms with Crippen LogP contribution in [0.2, 0.25) is 0 Å². The van der Waals surface area contributed by atoms with Crippen LogP contribution in [0.15, 0.2) is 30.5 Å². The molecule has 67 valence electrons. The molecule has 0 atom stereocenters. The van der Waals surface area contributed by atoms with Crippen LogP contribution in [0.4, 0.5) is 0 Å². The van der Waals surface area contributed by atoms with E-state index in [-0.39, 0.29) is 0 Å². The van der Waals surface area contributed by atoms with Crippen LogP contribution in [0.3, 0.4) is 0 Å². The van der Waals surface area contributed by atoms with E-state index in [1.165, 1.54) is 0 Å². The molecule has 0 spiro atoms. The fraction of sp³-hybridized carbons (Fsp3) is 0.0909. The largest absolute Gasteiger partial charge is 0.488 e. The van der Waals surface area contributed by atoms with E-state index >= 15 is 0 Å². The molecular formula is C11H7N2O. The quantitative estimate of drug-likeness (QED) is 0.625. The first-order chi connectivity index (χ1) is 6.95. The van der Waals surface area contributed by atoms with Crippen LogP contribution >= 0.6 is 0 Å². The molecule has 0 saturated carbocycles. The van der Waals surface area contributed by atoms with E-state index in [9.17, 15) is 0 Å². The Morgan fingerprint density at radius 3 is 3.21 bits per heavy atom. The summed E-state index contributed by atoms with van der Waals surface area (Å²) >= 11 is 0. The van der Waals surface area contributed by atoms with Gasteiger partial charge >= 0.3 is 0 Å². The fourth-order valence-corrected chi connectivity index (χ4v) is 1.59. The van der Waals surface area contributed by atoms with Crippen molar-refractivity contribution in [3.05, 3.63) is 42.1 Å². The predicted molar refractivity (Wildman–Crippen MR) is 50.6 cm³/mol. The molecule has 0 bridgehead atoms. The van der Waals surface area contributed by atoms with Crippen LogP contribution in [0.1, 0.15) is 5.56 Å². The van der Waals surface area contributed by atoms with Crippen LogP contribution in [0.5, 0.6) is 5.75 Å². The molecule has 0 amide bonds. The fourth-order valence-electron chi connectivity index (χ4n) is 1.59. The van der Waals surface area contributed by atoms with Gasteiger partial charge in [0.25, 0.3) is 0 Å². The highest BCUT2D eigenvalue weighted by Gasteiger charge is 2.17. The van der Waals surface area contributed by atoms with Gasteiger partial charge in [-0.15, -0.1) is 5.10 Å². The number of para-hydroxylation sites is 1. The van der Waals surface area contributed by atoms with Gasteiger partial charge in [-0.3, -0.25) is 0 Å². The number of fused-ring (bicyclic) bond motifs is 3. The summed E-state index contributed by atoms with van der Waals surface area (Å²) in [4.78, 5) is 0. The Kier molecular flexibility index (Phi) is 1.50. The molecule has 1 radical (unpaired) electrons. The zero-order chi connectivity index (χ0) is 9.38. The first kappa shape index (κ1) is 7.50. The topological polar surface area (TPSA) is 35.0 Å². The van der Waals surface area contributed by atoms with Crippen molar-refractivity contribution in [3.63, 3.8) is 0 Å².